The summed E-state index contributed by atoms with van der Waals surface area (Å²) >= 11 is 0. The van der Waals surface area contributed by atoms with E-state index in [-0.39, 0.29) is 12.7 Å². The Morgan fingerprint density at radius 1 is 1.09 bits per heavy atom. The van der Waals surface area contributed by atoms with Crippen LogP contribution in [0.15, 0.2) is 48.5 Å². The number of carbonyl (C=O) groups excluding carboxylic acids is 1. The van der Waals surface area contributed by atoms with Crippen molar-refractivity contribution in [2.45, 2.75) is 50.3 Å². The molecule has 8 nitrogen and oxygen atoms in total. The maximum absolute atomic E-state index is 11.2. The highest BCUT2D eigenvalue weighted by molar-refractivity contribution is 5.59. The van der Waals surface area contributed by atoms with E-state index in [2.05, 4.69) is 4.74 Å². The number of hydrogen-bond donors (Lipinski definition) is 1. The van der Waals surface area contributed by atoms with Gasteiger partial charge in [0, 0.05) is 25.7 Å². The molecule has 2 aliphatic rings. The van der Waals surface area contributed by atoms with Gasteiger partial charge >= 0.3 is 6.16 Å². The van der Waals surface area contributed by atoms with Gasteiger partial charge in [0.15, 0.2) is 0 Å². The maximum atomic E-state index is 11.2. The topological polar surface area (TPSA) is 92.7 Å². The highest BCUT2D eigenvalue weighted by Crippen LogP contribution is 2.28. The fraction of sp³-hybridized carbons (Fsp3) is 0.480. The highest BCUT2D eigenvalue weighted by Gasteiger charge is 2.31. The number of carbonyl (C=O) groups is 1. The third-order valence-corrected chi connectivity index (χ3v) is 5.64. The van der Waals surface area contributed by atoms with E-state index in [9.17, 15) is 9.90 Å². The molecule has 0 aliphatic carbocycles. The molecule has 2 saturated heterocycles. The van der Waals surface area contributed by atoms with E-state index in [1.807, 2.05) is 48.5 Å². The summed E-state index contributed by atoms with van der Waals surface area (Å²) in [6.45, 7) is 1.38. The number of para-hydroxylation sites is 1. The zero-order valence-corrected chi connectivity index (χ0v) is 18.7. The van der Waals surface area contributed by atoms with Crippen LogP contribution in [0.2, 0.25) is 0 Å². The molecule has 33 heavy (non-hydrogen) atoms. The Balaban J connectivity index is 1.36. The van der Waals surface area contributed by atoms with Crippen LogP contribution in [0.1, 0.15) is 30.4 Å². The molecule has 2 aliphatic heterocycles. The van der Waals surface area contributed by atoms with Crippen molar-refractivity contribution in [3.05, 3.63) is 59.7 Å². The summed E-state index contributed by atoms with van der Waals surface area (Å²) < 4.78 is 32.7. The second-order valence-corrected chi connectivity index (χ2v) is 8.23. The Kier molecular flexibility index (Phi) is 8.04. The predicted molar refractivity (Wildman–Crippen MR) is 118 cm³/mol. The summed E-state index contributed by atoms with van der Waals surface area (Å²) in [7, 11) is 1.24. The third kappa shape index (κ3) is 6.83. The molecule has 8 heteroatoms. The summed E-state index contributed by atoms with van der Waals surface area (Å²) in [6, 6.07) is 15.8. The zero-order chi connectivity index (χ0) is 23.0. The molecule has 178 valence electrons. The Bertz CT molecular complexity index is 894. The lowest BCUT2D eigenvalue weighted by Crippen LogP contribution is -2.41. The van der Waals surface area contributed by atoms with Crippen molar-refractivity contribution in [2.24, 2.45) is 0 Å². The fourth-order valence-electron chi connectivity index (χ4n) is 3.96. The first kappa shape index (κ1) is 23.4. The van der Waals surface area contributed by atoms with Crippen LogP contribution in [-0.2, 0) is 25.4 Å². The van der Waals surface area contributed by atoms with E-state index in [0.29, 0.717) is 31.6 Å². The van der Waals surface area contributed by atoms with Crippen LogP contribution in [0, 0.1) is 0 Å². The molecule has 0 saturated carbocycles. The molecular weight excluding hydrogens is 428 g/mol. The molecule has 0 bridgehead atoms. The molecule has 2 aromatic rings. The first-order valence-electron chi connectivity index (χ1n) is 11.2. The smallest absolute Gasteiger partial charge is 0.488 e. The minimum atomic E-state index is -0.783. The van der Waals surface area contributed by atoms with Crippen LogP contribution < -0.4 is 9.47 Å². The lowest BCUT2D eigenvalue weighted by atomic mass is 10.0. The van der Waals surface area contributed by atoms with E-state index in [0.717, 1.165) is 29.9 Å². The number of ether oxygens (including phenoxy) is 6. The number of aliphatic hydroxyl groups is 1. The Hall–Kier alpha value is -2.81. The minimum Gasteiger partial charge on any atom is -0.488 e. The van der Waals surface area contributed by atoms with Crippen molar-refractivity contribution in [1.29, 1.82) is 0 Å². The second-order valence-electron chi connectivity index (χ2n) is 8.23. The minimum absolute atomic E-state index is 0.00730. The first-order chi connectivity index (χ1) is 16.1. The first-order valence-corrected chi connectivity index (χ1v) is 11.2. The third-order valence-electron chi connectivity index (χ3n) is 5.64. The number of hydrogen-bond acceptors (Lipinski definition) is 8. The number of rotatable bonds is 8. The standard InChI is InChI=1S/C25H30O8/c1-28-25(27)30-16-22-13-19(26)14-24(32-22)33-23-5-3-2-4-18(23)12-17-6-8-20(9-7-17)31-21-10-11-29-15-21/h2-9,19,21-22,24,26H,10-16H2,1H3. The zero-order valence-electron chi connectivity index (χ0n) is 18.7. The van der Waals surface area contributed by atoms with Gasteiger partial charge in [0.2, 0.25) is 6.29 Å². The molecule has 0 aromatic heterocycles. The quantitative estimate of drug-likeness (QED) is 0.601. The highest BCUT2D eigenvalue weighted by atomic mass is 16.7. The molecule has 1 N–H and O–H groups in total. The van der Waals surface area contributed by atoms with Crippen LogP contribution in [0.5, 0.6) is 11.5 Å². The van der Waals surface area contributed by atoms with Gasteiger partial charge in [-0.05, 0) is 29.3 Å². The molecule has 0 radical (unpaired) electrons. The van der Waals surface area contributed by atoms with Gasteiger partial charge in [0.1, 0.15) is 24.2 Å². The lowest BCUT2D eigenvalue weighted by molar-refractivity contribution is -0.186. The molecule has 2 heterocycles. The fourth-order valence-corrected chi connectivity index (χ4v) is 3.96. The van der Waals surface area contributed by atoms with E-state index in [1.54, 1.807) is 0 Å². The van der Waals surface area contributed by atoms with Crippen LogP contribution in [0.4, 0.5) is 4.79 Å². The van der Waals surface area contributed by atoms with Crippen molar-refractivity contribution in [3.63, 3.8) is 0 Å². The SMILES string of the molecule is COC(=O)OCC1CC(O)CC(Oc2ccccc2Cc2ccc(OC3CCOC3)cc2)O1. The Labute approximate surface area is 193 Å². The summed E-state index contributed by atoms with van der Waals surface area (Å²) in [5, 5.41) is 10.2. The van der Waals surface area contributed by atoms with Gasteiger partial charge < -0.3 is 33.5 Å². The van der Waals surface area contributed by atoms with Crippen molar-refractivity contribution in [1.82, 2.24) is 0 Å². The van der Waals surface area contributed by atoms with Crippen molar-refractivity contribution < 1.29 is 38.3 Å². The van der Waals surface area contributed by atoms with E-state index in [1.165, 1.54) is 7.11 Å². The Morgan fingerprint density at radius 2 is 1.91 bits per heavy atom. The van der Waals surface area contributed by atoms with E-state index < -0.39 is 24.7 Å². The number of benzene rings is 2. The van der Waals surface area contributed by atoms with Gasteiger partial charge in [-0.1, -0.05) is 30.3 Å². The predicted octanol–water partition coefficient (Wildman–Crippen LogP) is 3.47. The molecule has 2 aromatic carbocycles. The molecule has 0 spiro atoms. The van der Waals surface area contributed by atoms with Crippen molar-refractivity contribution in [3.8, 4) is 11.5 Å². The van der Waals surface area contributed by atoms with Crippen LogP contribution in [-0.4, -0.2) is 62.8 Å². The molecule has 0 amide bonds. The van der Waals surface area contributed by atoms with Crippen molar-refractivity contribution in [2.75, 3.05) is 26.9 Å². The molecule has 4 atom stereocenters. The normalized spacial score (nSPS) is 24.8. The van der Waals surface area contributed by atoms with Gasteiger partial charge in [-0.2, -0.15) is 0 Å². The molecular formula is C25H30O8. The molecule has 2 fully saturated rings. The Morgan fingerprint density at radius 3 is 2.67 bits per heavy atom. The summed E-state index contributed by atoms with van der Waals surface area (Å²) in [6.07, 6.45) is -0.104. The monoisotopic (exact) mass is 458 g/mol. The summed E-state index contributed by atoms with van der Waals surface area (Å²) in [5.41, 5.74) is 2.12. The average molecular weight is 459 g/mol. The van der Waals surface area contributed by atoms with Crippen LogP contribution in [0.25, 0.3) is 0 Å². The largest absolute Gasteiger partial charge is 0.508 e. The number of methoxy groups -OCH3 is 1. The van der Waals surface area contributed by atoms with Crippen molar-refractivity contribution >= 4 is 6.16 Å². The summed E-state index contributed by atoms with van der Waals surface area (Å²) in [5.74, 6) is 1.52. The average Bonchev–Trinajstić information content (AvgIpc) is 3.33. The van der Waals surface area contributed by atoms with Gasteiger partial charge in [-0.25, -0.2) is 4.79 Å². The van der Waals surface area contributed by atoms with Gasteiger partial charge in [-0.15, -0.1) is 0 Å². The maximum Gasteiger partial charge on any atom is 0.508 e. The molecule has 4 rings (SSSR count). The van der Waals surface area contributed by atoms with Gasteiger partial charge in [-0.3, -0.25) is 0 Å². The van der Waals surface area contributed by atoms with Gasteiger partial charge in [0.05, 0.1) is 32.5 Å². The number of aliphatic hydroxyl groups excluding tert-OH is 1. The van der Waals surface area contributed by atoms with Gasteiger partial charge in [0.25, 0.3) is 0 Å². The van der Waals surface area contributed by atoms with Crippen LogP contribution in [0.3, 0.4) is 0 Å². The lowest BCUT2D eigenvalue weighted by Gasteiger charge is -2.33. The van der Waals surface area contributed by atoms with Crippen LogP contribution >= 0.6 is 0 Å². The molecule has 4 unspecified atom stereocenters. The summed E-state index contributed by atoms with van der Waals surface area (Å²) in [4.78, 5) is 11.2. The van der Waals surface area contributed by atoms with E-state index in [4.69, 9.17) is 23.7 Å². The second kappa shape index (κ2) is 11.4. The van der Waals surface area contributed by atoms with E-state index >= 15 is 0 Å².